The predicted octanol–water partition coefficient (Wildman–Crippen LogP) is 2.52. The molecule has 1 atom stereocenters. The second-order valence-corrected chi connectivity index (χ2v) is 7.21. The summed E-state index contributed by atoms with van der Waals surface area (Å²) >= 11 is 0. The van der Waals surface area contributed by atoms with Gasteiger partial charge in [0.05, 0.1) is 11.4 Å². The number of amides is 1. The maximum absolute atomic E-state index is 12.3. The van der Waals surface area contributed by atoms with Crippen LogP contribution < -0.4 is 16.0 Å². The molecular formula is C19H30N4O. The quantitative estimate of drug-likeness (QED) is 0.750. The fourth-order valence-electron chi connectivity index (χ4n) is 3.60. The van der Waals surface area contributed by atoms with Crippen LogP contribution in [0.15, 0.2) is 24.3 Å². The highest BCUT2D eigenvalue weighted by molar-refractivity contribution is 5.94. The number of nitrogens with one attached hydrogen (secondary N) is 3. The van der Waals surface area contributed by atoms with Crippen molar-refractivity contribution < 1.29 is 4.79 Å². The van der Waals surface area contributed by atoms with E-state index in [0.29, 0.717) is 18.4 Å². The van der Waals surface area contributed by atoms with E-state index in [0.717, 1.165) is 56.8 Å². The van der Waals surface area contributed by atoms with Crippen LogP contribution in [0.2, 0.25) is 0 Å². The van der Waals surface area contributed by atoms with E-state index in [-0.39, 0.29) is 5.91 Å². The lowest BCUT2D eigenvalue weighted by Gasteiger charge is -2.30. The van der Waals surface area contributed by atoms with Gasteiger partial charge in [0, 0.05) is 12.5 Å². The molecule has 2 saturated heterocycles. The van der Waals surface area contributed by atoms with Crippen molar-refractivity contribution in [3.63, 3.8) is 0 Å². The second kappa shape index (κ2) is 8.49. The van der Waals surface area contributed by atoms with Crippen molar-refractivity contribution in [2.24, 2.45) is 5.92 Å². The third kappa shape index (κ3) is 4.95. The molecule has 0 saturated carbocycles. The summed E-state index contributed by atoms with van der Waals surface area (Å²) in [6.07, 6.45) is 5.07. The summed E-state index contributed by atoms with van der Waals surface area (Å²) in [7, 11) is 2.17. The summed E-state index contributed by atoms with van der Waals surface area (Å²) in [5, 5.41) is 10.1. The first-order valence-electron chi connectivity index (χ1n) is 9.25. The van der Waals surface area contributed by atoms with Gasteiger partial charge in [0.25, 0.3) is 0 Å². The van der Waals surface area contributed by atoms with Gasteiger partial charge in [0.15, 0.2) is 0 Å². The number of hydrogen-bond acceptors (Lipinski definition) is 4. The Bertz CT molecular complexity index is 534. The monoisotopic (exact) mass is 330 g/mol. The van der Waals surface area contributed by atoms with Gasteiger partial charge in [-0.05, 0) is 77.0 Å². The number of para-hydroxylation sites is 2. The molecule has 1 aromatic rings. The lowest BCUT2D eigenvalue weighted by atomic mass is 10.0. The summed E-state index contributed by atoms with van der Waals surface area (Å²) in [4.78, 5) is 14.7. The van der Waals surface area contributed by atoms with Crippen LogP contribution >= 0.6 is 0 Å². The van der Waals surface area contributed by atoms with Gasteiger partial charge in [0.1, 0.15) is 0 Å². The minimum absolute atomic E-state index is 0.125. The highest BCUT2D eigenvalue weighted by Gasteiger charge is 2.18. The minimum atomic E-state index is 0.125. The zero-order valence-corrected chi connectivity index (χ0v) is 14.7. The van der Waals surface area contributed by atoms with Gasteiger partial charge >= 0.3 is 0 Å². The molecule has 1 unspecified atom stereocenters. The lowest BCUT2D eigenvalue weighted by molar-refractivity contribution is -0.116. The molecule has 2 fully saturated rings. The van der Waals surface area contributed by atoms with E-state index in [1.165, 1.54) is 6.42 Å². The SMILES string of the molecule is CN1CCC(Nc2ccccc2NC(=O)CCC2CCNC2)CC1. The molecule has 0 radical (unpaired) electrons. The van der Waals surface area contributed by atoms with Crippen molar-refractivity contribution in [1.29, 1.82) is 0 Å². The molecule has 24 heavy (non-hydrogen) atoms. The summed E-state index contributed by atoms with van der Waals surface area (Å²) in [5.41, 5.74) is 1.95. The van der Waals surface area contributed by atoms with E-state index in [1.54, 1.807) is 0 Å². The van der Waals surface area contributed by atoms with Gasteiger partial charge in [-0.25, -0.2) is 0 Å². The Hall–Kier alpha value is -1.59. The van der Waals surface area contributed by atoms with E-state index in [1.807, 2.05) is 18.2 Å². The number of benzene rings is 1. The molecule has 5 nitrogen and oxygen atoms in total. The van der Waals surface area contributed by atoms with Crippen molar-refractivity contribution >= 4 is 17.3 Å². The number of nitrogens with zero attached hydrogens (tertiary/aromatic N) is 1. The fraction of sp³-hybridized carbons (Fsp3) is 0.632. The molecule has 0 bridgehead atoms. The molecule has 5 heteroatoms. The van der Waals surface area contributed by atoms with E-state index in [4.69, 9.17) is 0 Å². The third-order valence-electron chi connectivity index (χ3n) is 5.22. The zero-order chi connectivity index (χ0) is 16.8. The van der Waals surface area contributed by atoms with E-state index in [9.17, 15) is 4.79 Å². The van der Waals surface area contributed by atoms with Crippen molar-refractivity contribution in [2.75, 3.05) is 43.9 Å². The van der Waals surface area contributed by atoms with E-state index < -0.39 is 0 Å². The Morgan fingerprint density at radius 1 is 1.21 bits per heavy atom. The van der Waals surface area contributed by atoms with Crippen molar-refractivity contribution in [3.8, 4) is 0 Å². The Balaban J connectivity index is 1.52. The molecule has 2 aliphatic heterocycles. The van der Waals surface area contributed by atoms with Gasteiger partial charge in [-0.2, -0.15) is 0 Å². The van der Waals surface area contributed by atoms with Crippen LogP contribution in [0, 0.1) is 5.92 Å². The molecule has 1 aromatic carbocycles. The van der Waals surface area contributed by atoms with Crippen LogP contribution in [0.5, 0.6) is 0 Å². The Morgan fingerprint density at radius 3 is 2.67 bits per heavy atom. The standard InChI is InChI=1S/C19H30N4O/c1-23-12-9-16(10-13-23)21-17-4-2-3-5-18(17)22-19(24)7-6-15-8-11-20-14-15/h2-5,15-16,20-21H,6-14H2,1H3,(H,22,24). The Morgan fingerprint density at radius 2 is 1.96 bits per heavy atom. The zero-order valence-electron chi connectivity index (χ0n) is 14.7. The smallest absolute Gasteiger partial charge is 0.224 e. The molecule has 0 spiro atoms. The molecule has 1 amide bonds. The van der Waals surface area contributed by atoms with E-state index >= 15 is 0 Å². The third-order valence-corrected chi connectivity index (χ3v) is 5.22. The number of likely N-dealkylation sites (tertiary alicyclic amines) is 1. The molecule has 2 heterocycles. The molecule has 0 aromatic heterocycles. The summed E-state index contributed by atoms with van der Waals surface area (Å²) in [6, 6.07) is 8.55. The van der Waals surface area contributed by atoms with Gasteiger partial charge in [-0.15, -0.1) is 0 Å². The number of hydrogen-bond donors (Lipinski definition) is 3. The lowest BCUT2D eigenvalue weighted by Crippen LogP contribution is -2.36. The van der Waals surface area contributed by atoms with Crippen LogP contribution in [0.1, 0.15) is 32.1 Å². The van der Waals surface area contributed by atoms with Gasteiger partial charge < -0.3 is 20.9 Å². The van der Waals surface area contributed by atoms with Crippen molar-refractivity contribution in [1.82, 2.24) is 10.2 Å². The van der Waals surface area contributed by atoms with Gasteiger partial charge in [-0.3, -0.25) is 4.79 Å². The average Bonchev–Trinajstić information content (AvgIpc) is 3.10. The first-order chi connectivity index (χ1) is 11.7. The Kier molecular flexibility index (Phi) is 6.10. The number of anilines is 2. The highest BCUT2D eigenvalue weighted by Crippen LogP contribution is 2.25. The molecule has 0 aliphatic carbocycles. The normalized spacial score (nSPS) is 22.5. The molecular weight excluding hydrogens is 300 g/mol. The molecule has 3 N–H and O–H groups in total. The van der Waals surface area contributed by atoms with Crippen LogP contribution in [-0.2, 0) is 4.79 Å². The van der Waals surface area contributed by atoms with Crippen molar-refractivity contribution in [2.45, 2.75) is 38.1 Å². The summed E-state index contributed by atoms with van der Waals surface area (Å²) in [6.45, 7) is 4.40. The van der Waals surface area contributed by atoms with Crippen LogP contribution in [0.4, 0.5) is 11.4 Å². The second-order valence-electron chi connectivity index (χ2n) is 7.21. The van der Waals surface area contributed by atoms with Crippen LogP contribution in [0.3, 0.4) is 0 Å². The maximum atomic E-state index is 12.3. The van der Waals surface area contributed by atoms with Crippen LogP contribution in [-0.4, -0.2) is 50.1 Å². The number of carbonyl (C=O) groups excluding carboxylic acids is 1. The van der Waals surface area contributed by atoms with Crippen LogP contribution in [0.25, 0.3) is 0 Å². The minimum Gasteiger partial charge on any atom is -0.381 e. The highest BCUT2D eigenvalue weighted by atomic mass is 16.1. The largest absolute Gasteiger partial charge is 0.381 e. The predicted molar refractivity (Wildman–Crippen MR) is 99.4 cm³/mol. The number of piperidine rings is 1. The maximum Gasteiger partial charge on any atom is 0.224 e. The topological polar surface area (TPSA) is 56.4 Å². The number of carbonyl (C=O) groups is 1. The average molecular weight is 330 g/mol. The number of rotatable bonds is 6. The molecule has 2 aliphatic rings. The molecule has 132 valence electrons. The first-order valence-corrected chi connectivity index (χ1v) is 9.25. The molecule has 3 rings (SSSR count). The van der Waals surface area contributed by atoms with Gasteiger partial charge in [-0.1, -0.05) is 12.1 Å². The first kappa shape index (κ1) is 17.2. The fourth-order valence-corrected chi connectivity index (χ4v) is 3.60. The summed E-state index contributed by atoms with van der Waals surface area (Å²) < 4.78 is 0. The van der Waals surface area contributed by atoms with Crippen molar-refractivity contribution in [3.05, 3.63) is 24.3 Å². The van der Waals surface area contributed by atoms with E-state index in [2.05, 4.69) is 34.0 Å². The summed E-state index contributed by atoms with van der Waals surface area (Å²) in [5.74, 6) is 0.780. The Labute approximate surface area is 145 Å². The van der Waals surface area contributed by atoms with Gasteiger partial charge in [0.2, 0.25) is 5.91 Å².